The number of benzene rings is 1. The molecule has 2 N–H and O–H groups in total. The Hall–Kier alpha value is -2.61. The molecule has 0 unspecified atom stereocenters. The van der Waals surface area contributed by atoms with Crippen molar-refractivity contribution in [3.63, 3.8) is 0 Å². The number of likely N-dealkylation sites (N-methyl/N-ethyl adjacent to an activating group) is 1. The van der Waals surface area contributed by atoms with Crippen molar-refractivity contribution in [2.24, 2.45) is 4.99 Å². The molecule has 9 heteroatoms. The third-order valence-corrected chi connectivity index (χ3v) is 3.63. The number of guanidine groups is 1. The molecular formula is C17H23ClN6O2. The summed E-state index contributed by atoms with van der Waals surface area (Å²) in [7, 11) is 3.40. The first-order valence-corrected chi connectivity index (χ1v) is 8.68. The number of carbonyl (C=O) groups excluding carboxylic acids is 1. The Bertz CT molecular complexity index is 759. The van der Waals surface area contributed by atoms with E-state index in [9.17, 15) is 4.79 Å². The molecule has 0 saturated carbocycles. The molecule has 0 radical (unpaired) electrons. The summed E-state index contributed by atoms with van der Waals surface area (Å²) in [6.45, 7) is 3.28. The lowest BCUT2D eigenvalue weighted by molar-refractivity contribution is -0.127. The fraction of sp³-hybridized carbons (Fsp3) is 0.412. The van der Waals surface area contributed by atoms with Gasteiger partial charge in [-0.25, -0.2) is 4.99 Å². The van der Waals surface area contributed by atoms with Crippen LogP contribution < -0.4 is 10.6 Å². The monoisotopic (exact) mass is 378 g/mol. The zero-order chi connectivity index (χ0) is 18.9. The van der Waals surface area contributed by atoms with Crippen LogP contribution in [0.2, 0.25) is 5.02 Å². The van der Waals surface area contributed by atoms with E-state index in [1.165, 1.54) is 4.90 Å². The first kappa shape index (κ1) is 19.7. The van der Waals surface area contributed by atoms with Gasteiger partial charge in [-0.3, -0.25) is 4.79 Å². The predicted octanol–water partition coefficient (Wildman–Crippen LogP) is 1.58. The van der Waals surface area contributed by atoms with E-state index >= 15 is 0 Å². The maximum absolute atomic E-state index is 11.6. The van der Waals surface area contributed by atoms with Crippen LogP contribution in [0.1, 0.15) is 12.8 Å². The molecule has 1 amide bonds. The van der Waals surface area contributed by atoms with Crippen LogP contribution in [0.5, 0.6) is 0 Å². The zero-order valence-corrected chi connectivity index (χ0v) is 15.9. The molecule has 0 aliphatic carbocycles. The highest BCUT2D eigenvalue weighted by Gasteiger charge is 2.09. The van der Waals surface area contributed by atoms with Crippen molar-refractivity contribution in [2.45, 2.75) is 13.3 Å². The number of nitrogens with one attached hydrogen (secondary N) is 2. The van der Waals surface area contributed by atoms with Crippen molar-refractivity contribution in [1.29, 1.82) is 0 Å². The summed E-state index contributed by atoms with van der Waals surface area (Å²) >= 11 is 5.98. The lowest BCUT2D eigenvalue weighted by Gasteiger charge is -2.12. The van der Waals surface area contributed by atoms with E-state index in [0.717, 1.165) is 5.56 Å². The van der Waals surface area contributed by atoms with Gasteiger partial charge in [0.2, 0.25) is 17.6 Å². The molecule has 0 fully saturated rings. The zero-order valence-electron chi connectivity index (χ0n) is 15.1. The highest BCUT2D eigenvalue weighted by atomic mass is 35.5. The molecular weight excluding hydrogens is 356 g/mol. The Balaban J connectivity index is 1.89. The number of amides is 1. The highest BCUT2D eigenvalue weighted by molar-refractivity contribution is 6.30. The van der Waals surface area contributed by atoms with Gasteiger partial charge in [0.15, 0.2) is 5.96 Å². The second-order valence-electron chi connectivity index (χ2n) is 5.68. The molecule has 8 nitrogen and oxygen atoms in total. The van der Waals surface area contributed by atoms with Gasteiger partial charge in [0, 0.05) is 44.2 Å². The molecule has 1 aromatic heterocycles. The maximum atomic E-state index is 11.6. The Morgan fingerprint density at radius 3 is 2.85 bits per heavy atom. The number of hydrogen-bond donors (Lipinski definition) is 2. The molecule has 0 aliphatic rings. The summed E-state index contributed by atoms with van der Waals surface area (Å²) in [6, 6.07) is 7.28. The normalized spacial score (nSPS) is 11.3. The van der Waals surface area contributed by atoms with E-state index in [-0.39, 0.29) is 12.5 Å². The standard InChI is InChI=1S/C17H23ClN6O2/c1-4-19-17(21-11-15(25)24(2)3)20-9-8-14-22-16(23-26-14)12-6-5-7-13(18)10-12/h5-7,10H,4,8-9,11H2,1-3H3,(H2,19,20,21). The van der Waals surface area contributed by atoms with E-state index in [1.54, 1.807) is 26.2 Å². The van der Waals surface area contributed by atoms with Gasteiger partial charge in [-0.05, 0) is 19.1 Å². The van der Waals surface area contributed by atoms with Gasteiger partial charge in [0.05, 0.1) is 0 Å². The quantitative estimate of drug-likeness (QED) is 0.561. The fourth-order valence-electron chi connectivity index (χ4n) is 2.02. The van der Waals surface area contributed by atoms with Crippen LogP contribution in [0.25, 0.3) is 11.4 Å². The van der Waals surface area contributed by atoms with Crippen molar-refractivity contribution in [3.05, 3.63) is 35.2 Å². The topological polar surface area (TPSA) is 95.7 Å². The molecule has 0 bridgehead atoms. The second-order valence-corrected chi connectivity index (χ2v) is 6.12. The number of aliphatic imine (C=N–C) groups is 1. The average Bonchev–Trinajstić information content (AvgIpc) is 3.08. The molecule has 1 heterocycles. The number of halogens is 1. The summed E-state index contributed by atoms with van der Waals surface area (Å²) in [5.74, 6) is 1.51. The van der Waals surface area contributed by atoms with Gasteiger partial charge in [-0.1, -0.05) is 28.9 Å². The van der Waals surface area contributed by atoms with Gasteiger partial charge in [0.1, 0.15) is 6.54 Å². The van der Waals surface area contributed by atoms with Crippen LogP contribution in [0.4, 0.5) is 0 Å². The number of hydrogen-bond acceptors (Lipinski definition) is 5. The molecule has 2 aromatic rings. The third-order valence-electron chi connectivity index (χ3n) is 3.40. The smallest absolute Gasteiger partial charge is 0.243 e. The van der Waals surface area contributed by atoms with E-state index in [0.29, 0.717) is 42.2 Å². The van der Waals surface area contributed by atoms with Crippen molar-refractivity contribution in [3.8, 4) is 11.4 Å². The van der Waals surface area contributed by atoms with Crippen molar-refractivity contribution >= 4 is 23.5 Å². The molecule has 26 heavy (non-hydrogen) atoms. The van der Waals surface area contributed by atoms with Gasteiger partial charge in [0.25, 0.3) is 0 Å². The lowest BCUT2D eigenvalue weighted by Crippen LogP contribution is -2.39. The van der Waals surface area contributed by atoms with Crippen LogP contribution in [-0.2, 0) is 11.2 Å². The van der Waals surface area contributed by atoms with Crippen LogP contribution in [0.15, 0.2) is 33.8 Å². The Labute approximate surface area is 157 Å². The summed E-state index contributed by atoms with van der Waals surface area (Å²) in [5.41, 5.74) is 0.803. The Morgan fingerprint density at radius 2 is 2.15 bits per heavy atom. The van der Waals surface area contributed by atoms with E-state index in [2.05, 4.69) is 25.8 Å². The predicted molar refractivity (Wildman–Crippen MR) is 101 cm³/mol. The molecule has 2 rings (SSSR count). The van der Waals surface area contributed by atoms with Crippen LogP contribution >= 0.6 is 11.6 Å². The second kappa shape index (κ2) is 9.76. The van der Waals surface area contributed by atoms with E-state index in [1.807, 2.05) is 19.1 Å². The van der Waals surface area contributed by atoms with Crippen LogP contribution in [0, 0.1) is 0 Å². The first-order chi connectivity index (χ1) is 12.5. The molecule has 0 spiro atoms. The maximum Gasteiger partial charge on any atom is 0.243 e. The van der Waals surface area contributed by atoms with Gasteiger partial charge >= 0.3 is 0 Å². The molecule has 0 aliphatic heterocycles. The summed E-state index contributed by atoms with van der Waals surface area (Å²) < 4.78 is 5.27. The first-order valence-electron chi connectivity index (χ1n) is 8.30. The number of nitrogens with zero attached hydrogens (tertiary/aromatic N) is 4. The SMILES string of the molecule is CCNC(=NCC(=O)N(C)C)NCCc1nc(-c2cccc(Cl)c2)no1. The van der Waals surface area contributed by atoms with Gasteiger partial charge < -0.3 is 20.1 Å². The number of carbonyl (C=O) groups is 1. The summed E-state index contributed by atoms with van der Waals surface area (Å²) in [4.78, 5) is 21.7. The average molecular weight is 379 g/mol. The van der Waals surface area contributed by atoms with E-state index < -0.39 is 0 Å². The largest absolute Gasteiger partial charge is 0.357 e. The molecule has 140 valence electrons. The summed E-state index contributed by atoms with van der Waals surface area (Å²) in [6.07, 6.45) is 0.527. The minimum absolute atomic E-state index is 0.0646. The summed E-state index contributed by atoms with van der Waals surface area (Å²) in [5, 5.41) is 10.8. The van der Waals surface area contributed by atoms with Crippen molar-refractivity contribution in [2.75, 3.05) is 33.7 Å². The van der Waals surface area contributed by atoms with Gasteiger partial charge in [-0.2, -0.15) is 4.98 Å². The van der Waals surface area contributed by atoms with Crippen molar-refractivity contribution in [1.82, 2.24) is 25.7 Å². The van der Waals surface area contributed by atoms with Crippen LogP contribution in [0.3, 0.4) is 0 Å². The third kappa shape index (κ3) is 6.03. The number of rotatable bonds is 7. The van der Waals surface area contributed by atoms with Crippen LogP contribution in [-0.4, -0.2) is 60.6 Å². The minimum atomic E-state index is -0.0646. The van der Waals surface area contributed by atoms with Gasteiger partial charge in [-0.15, -0.1) is 0 Å². The number of aromatic nitrogens is 2. The lowest BCUT2D eigenvalue weighted by atomic mass is 10.2. The minimum Gasteiger partial charge on any atom is -0.357 e. The van der Waals surface area contributed by atoms with Crippen molar-refractivity contribution < 1.29 is 9.32 Å². The molecule has 0 atom stereocenters. The highest BCUT2D eigenvalue weighted by Crippen LogP contribution is 2.19. The molecule has 1 aromatic carbocycles. The fourth-order valence-corrected chi connectivity index (χ4v) is 2.21. The Kier molecular flexibility index (Phi) is 7.40. The Morgan fingerprint density at radius 1 is 1.35 bits per heavy atom. The molecule has 0 saturated heterocycles. The van der Waals surface area contributed by atoms with E-state index in [4.69, 9.17) is 16.1 Å².